The van der Waals surface area contributed by atoms with Gasteiger partial charge < -0.3 is 9.47 Å². The van der Waals surface area contributed by atoms with Crippen LogP contribution in [0.5, 0.6) is 0 Å². The number of hydrogen-bond donors (Lipinski definition) is 0. The highest BCUT2D eigenvalue weighted by Crippen LogP contribution is 2.23. The Labute approximate surface area is 112 Å². The molecule has 0 N–H and O–H groups in total. The molecule has 19 heavy (non-hydrogen) atoms. The van der Waals surface area contributed by atoms with Crippen molar-refractivity contribution in [1.29, 1.82) is 0 Å². The van der Waals surface area contributed by atoms with E-state index in [1.807, 2.05) is 36.5 Å². The summed E-state index contributed by atoms with van der Waals surface area (Å²) in [6.07, 6.45) is 7.52. The van der Waals surface area contributed by atoms with E-state index in [4.69, 9.17) is 9.47 Å². The first-order chi connectivity index (χ1) is 9.42. The molecule has 0 amide bonds. The van der Waals surface area contributed by atoms with E-state index < -0.39 is 0 Å². The summed E-state index contributed by atoms with van der Waals surface area (Å²) in [6.45, 7) is 1.35. The zero-order chi connectivity index (χ0) is 12.9. The Bertz CT molecular complexity index is 543. The van der Waals surface area contributed by atoms with Gasteiger partial charge in [0.1, 0.15) is 0 Å². The minimum Gasteiger partial charge on any atom is -0.346 e. The predicted molar refractivity (Wildman–Crippen MR) is 74.3 cm³/mol. The maximum absolute atomic E-state index is 5.46. The fraction of sp³-hybridized carbons (Fsp3) is 0.188. The van der Waals surface area contributed by atoms with Crippen LogP contribution in [0.3, 0.4) is 0 Å². The number of aromatic nitrogens is 1. The minimum atomic E-state index is -0.198. The standard InChI is InChI=1S/C16H15NO2/c1-2-14(12-17-9-1)4-3-13-5-7-15(8-6-13)16-18-10-11-19-16/h1-9,12,16H,10-11H2/b4-3+. The Hall–Kier alpha value is -1.97. The number of benzene rings is 1. The molecule has 0 radical (unpaired) electrons. The molecule has 1 aliphatic heterocycles. The Morgan fingerprint density at radius 1 is 0.947 bits per heavy atom. The summed E-state index contributed by atoms with van der Waals surface area (Å²) in [5.41, 5.74) is 3.30. The van der Waals surface area contributed by atoms with Crippen molar-refractivity contribution in [1.82, 2.24) is 4.98 Å². The quantitative estimate of drug-likeness (QED) is 0.841. The number of rotatable bonds is 3. The van der Waals surface area contributed by atoms with Gasteiger partial charge in [-0.3, -0.25) is 4.98 Å². The second kappa shape index (κ2) is 5.78. The third-order valence-corrected chi connectivity index (χ3v) is 2.98. The van der Waals surface area contributed by atoms with Gasteiger partial charge in [0.05, 0.1) is 13.2 Å². The fourth-order valence-electron chi connectivity index (χ4n) is 1.98. The monoisotopic (exact) mass is 253 g/mol. The van der Waals surface area contributed by atoms with Gasteiger partial charge in [-0.2, -0.15) is 0 Å². The molecule has 0 saturated carbocycles. The van der Waals surface area contributed by atoms with Crippen molar-refractivity contribution < 1.29 is 9.47 Å². The van der Waals surface area contributed by atoms with Gasteiger partial charge in [0.25, 0.3) is 0 Å². The number of nitrogens with zero attached hydrogens (tertiary/aromatic N) is 1. The largest absolute Gasteiger partial charge is 0.346 e. The molecule has 2 aromatic rings. The van der Waals surface area contributed by atoms with Crippen LogP contribution in [0, 0.1) is 0 Å². The van der Waals surface area contributed by atoms with E-state index in [-0.39, 0.29) is 6.29 Å². The Morgan fingerprint density at radius 2 is 1.68 bits per heavy atom. The number of ether oxygens (including phenoxy) is 2. The fourth-order valence-corrected chi connectivity index (χ4v) is 1.98. The maximum Gasteiger partial charge on any atom is 0.184 e. The average molecular weight is 253 g/mol. The lowest BCUT2D eigenvalue weighted by molar-refractivity contribution is -0.0441. The molecule has 1 aromatic heterocycles. The van der Waals surface area contributed by atoms with Crippen LogP contribution >= 0.6 is 0 Å². The van der Waals surface area contributed by atoms with Crippen molar-refractivity contribution in [2.75, 3.05) is 13.2 Å². The lowest BCUT2D eigenvalue weighted by Gasteiger charge is -2.08. The lowest BCUT2D eigenvalue weighted by Crippen LogP contribution is -1.97. The molecule has 3 nitrogen and oxygen atoms in total. The third-order valence-electron chi connectivity index (χ3n) is 2.98. The average Bonchev–Trinajstić information content (AvgIpc) is 3.01. The normalized spacial score (nSPS) is 16.2. The van der Waals surface area contributed by atoms with Gasteiger partial charge >= 0.3 is 0 Å². The van der Waals surface area contributed by atoms with Crippen LogP contribution in [0.1, 0.15) is 23.0 Å². The van der Waals surface area contributed by atoms with Crippen LogP contribution in [0.4, 0.5) is 0 Å². The van der Waals surface area contributed by atoms with E-state index in [0.717, 1.165) is 16.7 Å². The molecule has 2 heterocycles. The van der Waals surface area contributed by atoms with Crippen LogP contribution in [0.15, 0.2) is 48.8 Å². The van der Waals surface area contributed by atoms with Crippen molar-refractivity contribution in [3.05, 3.63) is 65.5 Å². The van der Waals surface area contributed by atoms with Crippen LogP contribution in [-0.4, -0.2) is 18.2 Å². The summed E-state index contributed by atoms with van der Waals surface area (Å²) in [5.74, 6) is 0. The van der Waals surface area contributed by atoms with Crippen LogP contribution in [0.25, 0.3) is 12.2 Å². The van der Waals surface area contributed by atoms with E-state index in [2.05, 4.69) is 23.2 Å². The van der Waals surface area contributed by atoms with Gasteiger partial charge in [-0.25, -0.2) is 0 Å². The zero-order valence-corrected chi connectivity index (χ0v) is 10.5. The number of hydrogen-bond acceptors (Lipinski definition) is 3. The van der Waals surface area contributed by atoms with Crippen molar-refractivity contribution in [2.45, 2.75) is 6.29 Å². The first-order valence-corrected chi connectivity index (χ1v) is 6.33. The first-order valence-electron chi connectivity index (χ1n) is 6.33. The molecule has 1 aromatic carbocycles. The summed E-state index contributed by atoms with van der Waals surface area (Å²) in [7, 11) is 0. The van der Waals surface area contributed by atoms with Gasteiger partial charge in [0.2, 0.25) is 0 Å². The molecule has 3 heteroatoms. The third kappa shape index (κ3) is 3.08. The van der Waals surface area contributed by atoms with Crippen molar-refractivity contribution in [3.8, 4) is 0 Å². The summed E-state index contributed by atoms with van der Waals surface area (Å²) < 4.78 is 10.9. The highest BCUT2D eigenvalue weighted by atomic mass is 16.7. The molecule has 1 aliphatic rings. The lowest BCUT2D eigenvalue weighted by atomic mass is 10.1. The Balaban J connectivity index is 1.70. The SMILES string of the molecule is C(=C\c1cccnc1)/c1ccc(C2OCCO2)cc1. The van der Waals surface area contributed by atoms with Gasteiger partial charge in [0.15, 0.2) is 6.29 Å². The van der Waals surface area contributed by atoms with Gasteiger partial charge in [-0.15, -0.1) is 0 Å². The second-order valence-electron chi connectivity index (χ2n) is 4.36. The highest BCUT2D eigenvalue weighted by Gasteiger charge is 2.17. The van der Waals surface area contributed by atoms with Gasteiger partial charge in [-0.05, 0) is 17.2 Å². The topological polar surface area (TPSA) is 31.4 Å². The molecule has 96 valence electrons. The molecule has 0 bridgehead atoms. The highest BCUT2D eigenvalue weighted by molar-refractivity contribution is 5.69. The van der Waals surface area contributed by atoms with Crippen LogP contribution in [0.2, 0.25) is 0 Å². The molecule has 1 saturated heterocycles. The molecule has 0 aliphatic carbocycles. The molecular weight excluding hydrogens is 238 g/mol. The summed E-state index contributed by atoms with van der Waals surface area (Å²) >= 11 is 0. The van der Waals surface area contributed by atoms with E-state index >= 15 is 0 Å². The Morgan fingerprint density at radius 3 is 2.37 bits per heavy atom. The molecular formula is C16H15NO2. The summed E-state index contributed by atoms with van der Waals surface area (Å²) in [5, 5.41) is 0. The zero-order valence-electron chi connectivity index (χ0n) is 10.5. The molecule has 3 rings (SSSR count). The van der Waals surface area contributed by atoms with Crippen molar-refractivity contribution in [2.24, 2.45) is 0 Å². The van der Waals surface area contributed by atoms with Crippen molar-refractivity contribution in [3.63, 3.8) is 0 Å². The molecule has 0 spiro atoms. The second-order valence-corrected chi connectivity index (χ2v) is 4.36. The van der Waals surface area contributed by atoms with Crippen molar-refractivity contribution >= 4 is 12.2 Å². The summed E-state index contributed by atoms with van der Waals surface area (Å²) in [4.78, 5) is 4.08. The molecule has 0 unspecified atom stereocenters. The first kappa shape index (κ1) is 12.1. The van der Waals surface area contributed by atoms with Gasteiger partial charge in [-0.1, -0.05) is 42.5 Å². The van der Waals surface area contributed by atoms with Crippen LogP contribution in [-0.2, 0) is 9.47 Å². The summed E-state index contributed by atoms with van der Waals surface area (Å²) in [6, 6.07) is 12.2. The van der Waals surface area contributed by atoms with E-state index in [1.165, 1.54) is 0 Å². The van der Waals surface area contributed by atoms with Gasteiger partial charge in [0, 0.05) is 18.0 Å². The van der Waals surface area contributed by atoms with E-state index in [9.17, 15) is 0 Å². The van der Waals surface area contributed by atoms with E-state index in [1.54, 1.807) is 6.20 Å². The van der Waals surface area contributed by atoms with E-state index in [0.29, 0.717) is 13.2 Å². The minimum absolute atomic E-state index is 0.198. The number of pyridine rings is 1. The smallest absolute Gasteiger partial charge is 0.184 e. The Kier molecular flexibility index (Phi) is 3.68. The maximum atomic E-state index is 5.46. The molecule has 0 atom stereocenters. The van der Waals surface area contributed by atoms with Crippen LogP contribution < -0.4 is 0 Å². The predicted octanol–water partition coefficient (Wildman–Crippen LogP) is 3.30. The molecule has 1 fully saturated rings.